The van der Waals surface area contributed by atoms with E-state index in [1.165, 1.54) is 4.68 Å². The number of aromatic nitrogens is 3. The average Bonchev–Trinajstić information content (AvgIpc) is 2.45. The number of halogens is 1. The molecule has 2 N–H and O–H groups in total. The number of carbonyl (C=O) groups is 1. The molecule has 0 fully saturated rings. The van der Waals surface area contributed by atoms with Gasteiger partial charge in [-0.05, 0) is 35.7 Å². The van der Waals surface area contributed by atoms with Crippen molar-refractivity contribution >= 4 is 21.7 Å². The largest absolute Gasteiger partial charge is 0.328 e. The third kappa shape index (κ3) is 3.39. The third-order valence-corrected chi connectivity index (χ3v) is 2.65. The van der Waals surface area contributed by atoms with Crippen LogP contribution in [-0.2, 0) is 7.05 Å². The van der Waals surface area contributed by atoms with Crippen LogP contribution < -0.4 is 5.73 Å². The van der Waals surface area contributed by atoms with Crippen molar-refractivity contribution in [1.29, 1.82) is 0 Å². The van der Waals surface area contributed by atoms with E-state index < -0.39 is 0 Å². The highest BCUT2D eigenvalue weighted by Crippen LogP contribution is 2.15. The predicted molar refractivity (Wildman–Crippen MR) is 60.5 cm³/mol. The molecule has 0 spiro atoms. The van der Waals surface area contributed by atoms with Gasteiger partial charge in [-0.15, -0.1) is 5.10 Å². The zero-order valence-corrected chi connectivity index (χ0v) is 10.5. The van der Waals surface area contributed by atoms with Gasteiger partial charge >= 0.3 is 0 Å². The Balaban J connectivity index is 2.54. The number of Topliss-reactive ketones (excluding diaryl/α,β-unsaturated/α-hetero) is 1. The molecule has 5 nitrogen and oxygen atoms in total. The van der Waals surface area contributed by atoms with Crippen molar-refractivity contribution in [1.82, 2.24) is 15.0 Å². The van der Waals surface area contributed by atoms with Gasteiger partial charge in [0.2, 0.25) is 0 Å². The van der Waals surface area contributed by atoms with Gasteiger partial charge in [-0.1, -0.05) is 5.21 Å². The second kappa shape index (κ2) is 5.37. The number of hydrogen-bond acceptors (Lipinski definition) is 4. The van der Waals surface area contributed by atoms with E-state index in [9.17, 15) is 4.79 Å². The van der Waals surface area contributed by atoms with Crippen molar-refractivity contribution in [3.63, 3.8) is 0 Å². The smallest absolute Gasteiger partial charge is 0.183 e. The van der Waals surface area contributed by atoms with Crippen LogP contribution in [0, 0.1) is 0 Å². The molecule has 0 radical (unpaired) electrons. The molecule has 0 saturated carbocycles. The van der Waals surface area contributed by atoms with Gasteiger partial charge < -0.3 is 5.73 Å². The van der Waals surface area contributed by atoms with Crippen LogP contribution >= 0.6 is 15.9 Å². The molecular formula is C9H15BrN4O. The van der Waals surface area contributed by atoms with Crippen molar-refractivity contribution in [3.05, 3.63) is 10.3 Å². The van der Waals surface area contributed by atoms with E-state index in [0.717, 1.165) is 12.8 Å². The summed E-state index contributed by atoms with van der Waals surface area (Å²) in [4.78, 5) is 11.8. The molecule has 84 valence electrons. The summed E-state index contributed by atoms with van der Waals surface area (Å²) in [6, 6.07) is 0.144. The van der Waals surface area contributed by atoms with Crippen molar-refractivity contribution in [2.75, 3.05) is 0 Å². The van der Waals surface area contributed by atoms with Crippen LogP contribution in [0.1, 0.15) is 36.7 Å². The maximum atomic E-state index is 11.8. The SMILES string of the molecule is CC(N)CCCC(=O)c1c(Br)nnn1C. The molecule has 0 aliphatic rings. The maximum absolute atomic E-state index is 11.8. The van der Waals surface area contributed by atoms with E-state index in [1.807, 2.05) is 6.92 Å². The molecular weight excluding hydrogens is 260 g/mol. The minimum atomic E-state index is 0.0509. The Morgan fingerprint density at radius 1 is 1.67 bits per heavy atom. The fraction of sp³-hybridized carbons (Fsp3) is 0.667. The molecule has 0 aliphatic heterocycles. The van der Waals surface area contributed by atoms with Gasteiger partial charge in [0.25, 0.3) is 0 Å². The molecule has 1 atom stereocenters. The van der Waals surface area contributed by atoms with Crippen LogP contribution in [0.15, 0.2) is 4.60 Å². The summed E-state index contributed by atoms with van der Waals surface area (Å²) < 4.78 is 1.99. The number of nitrogens with two attached hydrogens (primary N) is 1. The van der Waals surface area contributed by atoms with Crippen molar-refractivity contribution in [2.45, 2.75) is 32.2 Å². The molecule has 0 bridgehead atoms. The quantitative estimate of drug-likeness (QED) is 0.821. The Morgan fingerprint density at radius 3 is 2.80 bits per heavy atom. The lowest BCUT2D eigenvalue weighted by Crippen LogP contribution is -2.15. The van der Waals surface area contributed by atoms with E-state index in [4.69, 9.17) is 5.73 Å². The van der Waals surface area contributed by atoms with Crippen molar-refractivity contribution < 1.29 is 4.79 Å². The Hall–Kier alpha value is -0.750. The number of aryl methyl sites for hydroxylation is 1. The normalized spacial score (nSPS) is 12.8. The van der Waals surface area contributed by atoms with Crippen LogP contribution in [0.5, 0.6) is 0 Å². The number of carbonyl (C=O) groups excluding carboxylic acids is 1. The first-order valence-corrected chi connectivity index (χ1v) is 5.65. The highest BCUT2D eigenvalue weighted by atomic mass is 79.9. The van der Waals surface area contributed by atoms with Crippen LogP contribution in [0.3, 0.4) is 0 Å². The maximum Gasteiger partial charge on any atom is 0.183 e. The summed E-state index contributed by atoms with van der Waals surface area (Å²) in [5.41, 5.74) is 6.13. The minimum Gasteiger partial charge on any atom is -0.328 e. The van der Waals surface area contributed by atoms with Gasteiger partial charge in [0.15, 0.2) is 10.4 Å². The number of rotatable bonds is 5. The summed E-state index contributed by atoms with van der Waals surface area (Å²) in [5, 5.41) is 7.52. The first-order valence-electron chi connectivity index (χ1n) is 4.86. The summed E-state index contributed by atoms with van der Waals surface area (Å²) in [6.07, 6.45) is 2.14. The molecule has 1 aromatic heterocycles. The molecule has 1 aromatic rings. The highest BCUT2D eigenvalue weighted by molar-refractivity contribution is 9.10. The standard InChI is InChI=1S/C9H15BrN4O/c1-6(11)4-3-5-7(15)8-9(10)12-13-14(8)2/h6H,3-5,11H2,1-2H3. The molecule has 1 rings (SSSR count). The summed E-state index contributed by atoms with van der Waals surface area (Å²) in [5.74, 6) is 0.0509. The minimum absolute atomic E-state index is 0.0509. The van der Waals surface area contributed by atoms with Crippen LogP contribution in [-0.4, -0.2) is 26.8 Å². The van der Waals surface area contributed by atoms with Gasteiger partial charge in [-0.25, -0.2) is 4.68 Å². The van der Waals surface area contributed by atoms with Crippen LogP contribution in [0.4, 0.5) is 0 Å². The van der Waals surface area contributed by atoms with Crippen molar-refractivity contribution in [2.24, 2.45) is 12.8 Å². The molecule has 0 aliphatic carbocycles. The van der Waals surface area contributed by atoms with E-state index in [0.29, 0.717) is 16.7 Å². The molecule has 0 aromatic carbocycles. The van der Waals surface area contributed by atoms with Crippen LogP contribution in [0.2, 0.25) is 0 Å². The van der Waals surface area contributed by atoms with E-state index in [1.54, 1.807) is 7.05 Å². The number of hydrogen-bond donors (Lipinski definition) is 1. The van der Waals surface area contributed by atoms with Gasteiger partial charge in [0.1, 0.15) is 5.69 Å². The summed E-state index contributed by atoms with van der Waals surface area (Å²) in [7, 11) is 1.70. The Kier molecular flexibility index (Phi) is 4.41. The average molecular weight is 275 g/mol. The highest BCUT2D eigenvalue weighted by Gasteiger charge is 2.16. The summed E-state index contributed by atoms with van der Waals surface area (Å²) in [6.45, 7) is 1.94. The second-order valence-electron chi connectivity index (χ2n) is 3.65. The fourth-order valence-electron chi connectivity index (χ4n) is 1.33. The predicted octanol–water partition coefficient (Wildman–Crippen LogP) is 1.28. The Morgan fingerprint density at radius 2 is 2.33 bits per heavy atom. The fourth-order valence-corrected chi connectivity index (χ4v) is 1.88. The zero-order valence-electron chi connectivity index (χ0n) is 8.90. The topological polar surface area (TPSA) is 73.8 Å². The summed E-state index contributed by atoms with van der Waals surface area (Å²) >= 11 is 3.20. The van der Waals surface area contributed by atoms with Crippen LogP contribution in [0.25, 0.3) is 0 Å². The lowest BCUT2D eigenvalue weighted by atomic mass is 10.1. The molecule has 6 heteroatoms. The van der Waals surface area contributed by atoms with Crippen molar-refractivity contribution in [3.8, 4) is 0 Å². The number of ketones is 1. The van der Waals surface area contributed by atoms with Gasteiger partial charge in [-0.3, -0.25) is 4.79 Å². The molecule has 1 heterocycles. The lowest BCUT2D eigenvalue weighted by Gasteiger charge is -2.04. The van der Waals surface area contributed by atoms with E-state index in [2.05, 4.69) is 26.2 Å². The monoisotopic (exact) mass is 274 g/mol. The van der Waals surface area contributed by atoms with E-state index >= 15 is 0 Å². The molecule has 15 heavy (non-hydrogen) atoms. The second-order valence-corrected chi connectivity index (χ2v) is 4.40. The molecule has 0 saturated heterocycles. The number of nitrogens with zero attached hydrogens (tertiary/aromatic N) is 3. The van der Waals surface area contributed by atoms with Gasteiger partial charge in [0, 0.05) is 19.5 Å². The lowest BCUT2D eigenvalue weighted by molar-refractivity contribution is 0.0969. The van der Waals surface area contributed by atoms with Gasteiger partial charge in [0.05, 0.1) is 0 Å². The van der Waals surface area contributed by atoms with E-state index in [-0.39, 0.29) is 11.8 Å². The molecule has 0 amide bonds. The Bertz CT molecular complexity index is 328. The van der Waals surface area contributed by atoms with Gasteiger partial charge in [-0.2, -0.15) is 0 Å². The zero-order chi connectivity index (χ0) is 11.4. The Labute approximate surface area is 97.2 Å². The first kappa shape index (κ1) is 12.3. The molecule has 1 unspecified atom stereocenters. The third-order valence-electron chi connectivity index (χ3n) is 2.11. The first-order chi connectivity index (χ1) is 7.02.